The molecule has 4 nitrogen and oxygen atoms in total. The lowest BCUT2D eigenvalue weighted by molar-refractivity contribution is 0.0677. The Hall–Kier alpha value is -1.84. The summed E-state index contributed by atoms with van der Waals surface area (Å²) in [6.07, 6.45) is 25.1. The highest BCUT2D eigenvalue weighted by molar-refractivity contribution is 5.96. The third-order valence-corrected chi connectivity index (χ3v) is 7.94. The minimum Gasteiger partial charge on any atom is -0.478 e. The van der Waals surface area contributed by atoms with Crippen molar-refractivity contribution in [3.63, 3.8) is 0 Å². The predicted molar refractivity (Wildman–Crippen MR) is 161 cm³/mol. The number of carbonyl (C=O) groups is 2. The van der Waals surface area contributed by atoms with Crippen LogP contribution in [0.3, 0.4) is 0 Å². The Morgan fingerprint density at radius 1 is 0.500 bits per heavy atom. The molecule has 218 valence electrons. The van der Waals surface area contributed by atoms with Crippen molar-refractivity contribution >= 4 is 11.9 Å². The zero-order valence-electron chi connectivity index (χ0n) is 25.1. The first-order valence-corrected chi connectivity index (χ1v) is 16.1. The van der Waals surface area contributed by atoms with Crippen LogP contribution in [0.2, 0.25) is 0 Å². The minimum absolute atomic E-state index is 0.347. The summed E-state index contributed by atoms with van der Waals surface area (Å²) in [7, 11) is 0. The fourth-order valence-electron chi connectivity index (χ4n) is 5.67. The summed E-state index contributed by atoms with van der Waals surface area (Å²) in [5.41, 5.74) is 3.09. The number of aryl methyl sites for hydroxylation is 1. The van der Waals surface area contributed by atoms with Crippen molar-refractivity contribution in [1.29, 1.82) is 0 Å². The molecule has 0 saturated carbocycles. The highest BCUT2D eigenvalue weighted by atomic mass is 16.4. The van der Waals surface area contributed by atoms with Crippen LogP contribution in [0.5, 0.6) is 0 Å². The number of benzene rings is 1. The lowest BCUT2D eigenvalue weighted by Crippen LogP contribution is -2.16. The number of carboxylic acid groups (broad SMARTS) is 2. The van der Waals surface area contributed by atoms with Crippen LogP contribution in [-0.2, 0) is 19.3 Å². The number of unbranched alkanes of at least 4 members (excludes halogenated alkanes) is 17. The number of aromatic carboxylic acids is 2. The van der Waals surface area contributed by atoms with E-state index in [4.69, 9.17) is 0 Å². The van der Waals surface area contributed by atoms with Crippen molar-refractivity contribution in [2.45, 2.75) is 168 Å². The zero-order valence-corrected chi connectivity index (χ0v) is 25.1. The summed E-state index contributed by atoms with van der Waals surface area (Å²) in [4.78, 5) is 25.0. The van der Waals surface area contributed by atoms with Crippen molar-refractivity contribution in [1.82, 2.24) is 0 Å². The van der Waals surface area contributed by atoms with Crippen molar-refractivity contribution in [3.8, 4) is 0 Å². The molecule has 0 aliphatic heterocycles. The van der Waals surface area contributed by atoms with Gasteiger partial charge in [-0.1, -0.05) is 130 Å². The van der Waals surface area contributed by atoms with E-state index in [-0.39, 0.29) is 0 Å². The molecule has 2 N–H and O–H groups in total. The molecule has 0 heterocycles. The fraction of sp³-hybridized carbons (Fsp3) is 0.765. The molecule has 0 atom stereocenters. The molecule has 38 heavy (non-hydrogen) atoms. The summed E-state index contributed by atoms with van der Waals surface area (Å²) < 4.78 is 0. The van der Waals surface area contributed by atoms with Gasteiger partial charge in [0.25, 0.3) is 0 Å². The van der Waals surface area contributed by atoms with Gasteiger partial charge in [0.1, 0.15) is 0 Å². The second-order valence-corrected chi connectivity index (χ2v) is 11.3. The van der Waals surface area contributed by atoms with E-state index in [9.17, 15) is 19.8 Å². The van der Waals surface area contributed by atoms with Crippen LogP contribution >= 0.6 is 0 Å². The summed E-state index contributed by atoms with van der Waals surface area (Å²) in [6, 6.07) is 1.71. The molecule has 0 amide bonds. The first-order chi connectivity index (χ1) is 18.5. The maximum absolute atomic E-state index is 12.6. The second kappa shape index (κ2) is 22.0. The van der Waals surface area contributed by atoms with Crippen molar-refractivity contribution in [2.75, 3.05) is 0 Å². The van der Waals surface area contributed by atoms with Gasteiger partial charge in [-0.05, 0) is 61.3 Å². The first-order valence-electron chi connectivity index (χ1n) is 16.1. The Kier molecular flexibility index (Phi) is 19.8. The third kappa shape index (κ3) is 13.8. The van der Waals surface area contributed by atoms with E-state index in [0.29, 0.717) is 30.4 Å². The highest BCUT2D eigenvalue weighted by Gasteiger charge is 2.24. The summed E-state index contributed by atoms with van der Waals surface area (Å²) in [6.45, 7) is 6.64. The van der Waals surface area contributed by atoms with Crippen LogP contribution in [-0.4, -0.2) is 22.2 Å². The standard InChI is InChI=1S/C34H58O4/c1-4-7-10-13-16-17-20-22-25-29-30(26-23-19-15-12-9-6-3)32(34(37)38)28(27-31(29)33(35)36)24-21-18-14-11-8-5-2/h27H,4-26H2,1-3H3,(H,35,36)(H,37,38). The van der Waals surface area contributed by atoms with E-state index in [0.717, 1.165) is 68.1 Å². The Bertz CT molecular complexity index is 783. The van der Waals surface area contributed by atoms with E-state index >= 15 is 0 Å². The van der Waals surface area contributed by atoms with Gasteiger partial charge in [-0.25, -0.2) is 9.59 Å². The summed E-state index contributed by atoms with van der Waals surface area (Å²) >= 11 is 0. The Morgan fingerprint density at radius 2 is 0.868 bits per heavy atom. The van der Waals surface area contributed by atoms with E-state index in [1.807, 2.05) is 0 Å². The SMILES string of the molecule is CCCCCCCCCCc1c(C(=O)O)cc(CCCCCCCC)c(C(=O)O)c1CCCCCCCC. The smallest absolute Gasteiger partial charge is 0.336 e. The van der Waals surface area contributed by atoms with Crippen molar-refractivity contribution in [2.24, 2.45) is 0 Å². The van der Waals surface area contributed by atoms with Gasteiger partial charge in [0.15, 0.2) is 0 Å². The van der Waals surface area contributed by atoms with Crippen LogP contribution in [0, 0.1) is 0 Å². The van der Waals surface area contributed by atoms with Gasteiger partial charge in [0.05, 0.1) is 11.1 Å². The lowest BCUT2D eigenvalue weighted by Gasteiger charge is -2.20. The molecule has 1 rings (SSSR count). The van der Waals surface area contributed by atoms with E-state index in [2.05, 4.69) is 20.8 Å². The summed E-state index contributed by atoms with van der Waals surface area (Å²) in [5.74, 6) is -1.80. The Balaban J connectivity index is 3.08. The van der Waals surface area contributed by atoms with Crippen molar-refractivity contribution < 1.29 is 19.8 Å². The second-order valence-electron chi connectivity index (χ2n) is 11.3. The molecule has 0 aromatic heterocycles. The molecular weight excluding hydrogens is 472 g/mol. The molecule has 0 bridgehead atoms. The molecule has 4 heteroatoms. The van der Waals surface area contributed by atoms with Gasteiger partial charge in [-0.3, -0.25) is 0 Å². The van der Waals surface area contributed by atoms with E-state index < -0.39 is 11.9 Å². The van der Waals surface area contributed by atoms with Crippen LogP contribution in [0.4, 0.5) is 0 Å². The molecule has 0 unspecified atom stereocenters. The minimum atomic E-state index is -0.912. The van der Waals surface area contributed by atoms with Crippen LogP contribution < -0.4 is 0 Å². The van der Waals surface area contributed by atoms with E-state index in [1.165, 1.54) is 77.0 Å². The van der Waals surface area contributed by atoms with Gasteiger partial charge < -0.3 is 10.2 Å². The average Bonchev–Trinajstić information content (AvgIpc) is 2.89. The maximum Gasteiger partial charge on any atom is 0.336 e. The molecule has 1 aromatic carbocycles. The number of rotatable bonds is 25. The van der Waals surface area contributed by atoms with Gasteiger partial charge in [0.2, 0.25) is 0 Å². The van der Waals surface area contributed by atoms with Crippen molar-refractivity contribution in [3.05, 3.63) is 33.9 Å². The van der Waals surface area contributed by atoms with Crippen LogP contribution in [0.1, 0.15) is 187 Å². The Labute approximate surface area is 234 Å². The number of carboxylic acids is 2. The quantitative estimate of drug-likeness (QED) is 0.123. The van der Waals surface area contributed by atoms with E-state index in [1.54, 1.807) is 6.07 Å². The van der Waals surface area contributed by atoms with Gasteiger partial charge in [0, 0.05) is 0 Å². The monoisotopic (exact) mass is 530 g/mol. The largest absolute Gasteiger partial charge is 0.478 e. The topological polar surface area (TPSA) is 74.6 Å². The average molecular weight is 531 g/mol. The molecule has 0 spiro atoms. The normalized spacial score (nSPS) is 11.2. The lowest BCUT2D eigenvalue weighted by atomic mass is 9.84. The first kappa shape index (κ1) is 34.2. The molecule has 0 aliphatic rings. The predicted octanol–water partition coefficient (Wildman–Crippen LogP) is 10.6. The summed E-state index contributed by atoms with van der Waals surface area (Å²) in [5, 5.41) is 20.5. The fourth-order valence-corrected chi connectivity index (χ4v) is 5.67. The third-order valence-electron chi connectivity index (χ3n) is 7.94. The molecule has 0 fully saturated rings. The maximum atomic E-state index is 12.6. The number of hydrogen-bond acceptors (Lipinski definition) is 2. The van der Waals surface area contributed by atoms with Gasteiger partial charge in [-0.2, -0.15) is 0 Å². The molecule has 0 aliphatic carbocycles. The molecular formula is C34H58O4. The van der Waals surface area contributed by atoms with Crippen LogP contribution in [0.25, 0.3) is 0 Å². The van der Waals surface area contributed by atoms with Crippen LogP contribution in [0.15, 0.2) is 6.07 Å². The molecule has 0 saturated heterocycles. The highest BCUT2D eigenvalue weighted by Crippen LogP contribution is 2.30. The molecule has 1 aromatic rings. The van der Waals surface area contributed by atoms with Gasteiger partial charge >= 0.3 is 11.9 Å². The van der Waals surface area contributed by atoms with Gasteiger partial charge in [-0.15, -0.1) is 0 Å². The zero-order chi connectivity index (χ0) is 28.0. The number of hydrogen-bond donors (Lipinski definition) is 2. The Morgan fingerprint density at radius 3 is 1.26 bits per heavy atom. The molecule has 0 radical (unpaired) electrons.